The highest BCUT2D eigenvalue weighted by molar-refractivity contribution is 6.00. The molecule has 0 aromatic heterocycles. The minimum Gasteiger partial charge on any atom is -0.493 e. The highest BCUT2D eigenvalue weighted by Gasteiger charge is 2.08. The van der Waals surface area contributed by atoms with Crippen molar-refractivity contribution in [2.24, 2.45) is 0 Å². The van der Waals surface area contributed by atoms with Gasteiger partial charge in [-0.25, -0.2) is 0 Å². The van der Waals surface area contributed by atoms with Crippen molar-refractivity contribution in [1.29, 1.82) is 0 Å². The number of Topliss-reactive ketones (excluding diaryl/α,β-unsaturated/α-hetero) is 1. The number of rotatable bonds is 10. The average Bonchev–Trinajstić information content (AvgIpc) is 2.56. The number of hydrogen-bond acceptors (Lipinski definition) is 2. The lowest BCUT2D eigenvalue weighted by atomic mass is 10.0. The van der Waals surface area contributed by atoms with Gasteiger partial charge in [0.2, 0.25) is 0 Å². The Morgan fingerprint density at radius 3 is 2.39 bits per heavy atom. The summed E-state index contributed by atoms with van der Waals surface area (Å²) in [6.07, 6.45) is 8.90. The first-order chi connectivity index (χ1) is 11.2. The highest BCUT2D eigenvalue weighted by atomic mass is 16.5. The molecule has 0 saturated heterocycles. The summed E-state index contributed by atoms with van der Waals surface area (Å²) < 4.78 is 5.99. The number of carbonyl (C=O) groups is 1. The lowest BCUT2D eigenvalue weighted by Crippen LogP contribution is -2.00. The van der Waals surface area contributed by atoms with Gasteiger partial charge in [-0.3, -0.25) is 4.79 Å². The maximum atomic E-state index is 11.7. The zero-order chi connectivity index (χ0) is 16.5. The van der Waals surface area contributed by atoms with Crippen LogP contribution in [0.25, 0.3) is 10.8 Å². The molecule has 0 heterocycles. The lowest BCUT2D eigenvalue weighted by Gasteiger charge is -2.11. The molecule has 0 saturated carbocycles. The fourth-order valence-electron chi connectivity index (χ4n) is 2.84. The Balaban J connectivity index is 1.90. The molecule has 0 amide bonds. The lowest BCUT2D eigenvalue weighted by molar-refractivity contribution is 0.101. The van der Waals surface area contributed by atoms with Gasteiger partial charge in [-0.1, -0.05) is 69.7 Å². The van der Waals surface area contributed by atoms with E-state index in [2.05, 4.69) is 13.0 Å². The van der Waals surface area contributed by atoms with E-state index < -0.39 is 0 Å². The number of benzene rings is 2. The predicted molar refractivity (Wildman–Crippen MR) is 97.4 cm³/mol. The van der Waals surface area contributed by atoms with Crippen molar-refractivity contribution in [3.63, 3.8) is 0 Å². The first kappa shape index (κ1) is 17.5. The quantitative estimate of drug-likeness (QED) is 0.387. The van der Waals surface area contributed by atoms with Gasteiger partial charge in [0.05, 0.1) is 6.61 Å². The summed E-state index contributed by atoms with van der Waals surface area (Å²) in [5.74, 6) is 0.913. The second-order valence-electron chi connectivity index (χ2n) is 6.22. The molecule has 23 heavy (non-hydrogen) atoms. The second kappa shape index (κ2) is 9.34. The fourth-order valence-corrected chi connectivity index (χ4v) is 2.84. The minimum atomic E-state index is 0.0801. The van der Waals surface area contributed by atoms with Crippen LogP contribution in [0.4, 0.5) is 0 Å². The number of unbranched alkanes of at least 4 members (excludes halogenated alkanes) is 6. The molecule has 0 spiro atoms. The van der Waals surface area contributed by atoms with Crippen LogP contribution in [0, 0.1) is 0 Å². The maximum Gasteiger partial charge on any atom is 0.159 e. The monoisotopic (exact) mass is 312 g/mol. The molecule has 0 atom stereocenters. The summed E-state index contributed by atoms with van der Waals surface area (Å²) in [5, 5.41) is 2.15. The molecule has 0 unspecified atom stereocenters. The maximum absolute atomic E-state index is 11.7. The molecule has 0 fully saturated rings. The molecule has 0 aliphatic rings. The highest BCUT2D eigenvalue weighted by Crippen LogP contribution is 2.28. The van der Waals surface area contributed by atoms with Gasteiger partial charge in [-0.2, -0.15) is 0 Å². The van der Waals surface area contributed by atoms with Gasteiger partial charge in [0.15, 0.2) is 5.78 Å². The van der Waals surface area contributed by atoms with Crippen LogP contribution in [0.2, 0.25) is 0 Å². The van der Waals surface area contributed by atoms with Gasteiger partial charge < -0.3 is 4.74 Å². The zero-order valence-corrected chi connectivity index (χ0v) is 14.4. The number of ketones is 1. The second-order valence-corrected chi connectivity index (χ2v) is 6.22. The SMILES string of the molecule is CCCCCCCCCOc1cc(C(C)=O)cc2ccccc12. The predicted octanol–water partition coefficient (Wildman–Crippen LogP) is 6.17. The van der Waals surface area contributed by atoms with E-state index in [1.807, 2.05) is 30.3 Å². The molecule has 124 valence electrons. The Bertz CT molecular complexity index is 631. The number of fused-ring (bicyclic) bond motifs is 1. The molecule has 0 bridgehead atoms. The Kier molecular flexibility index (Phi) is 7.12. The zero-order valence-electron chi connectivity index (χ0n) is 14.4. The molecule has 0 N–H and O–H groups in total. The topological polar surface area (TPSA) is 26.3 Å². The summed E-state index contributed by atoms with van der Waals surface area (Å²) in [6.45, 7) is 4.57. The van der Waals surface area contributed by atoms with Crippen LogP contribution in [0.3, 0.4) is 0 Å². The van der Waals surface area contributed by atoms with Crippen molar-refractivity contribution in [3.8, 4) is 5.75 Å². The van der Waals surface area contributed by atoms with E-state index in [-0.39, 0.29) is 5.78 Å². The van der Waals surface area contributed by atoms with E-state index in [0.29, 0.717) is 0 Å². The minimum absolute atomic E-state index is 0.0801. The molecular weight excluding hydrogens is 284 g/mol. The molecule has 2 rings (SSSR count). The summed E-state index contributed by atoms with van der Waals surface area (Å²) in [6, 6.07) is 11.9. The average molecular weight is 312 g/mol. The van der Waals surface area contributed by atoms with Crippen LogP contribution in [-0.4, -0.2) is 12.4 Å². The van der Waals surface area contributed by atoms with E-state index in [0.717, 1.165) is 35.1 Å². The van der Waals surface area contributed by atoms with E-state index in [9.17, 15) is 4.79 Å². The van der Waals surface area contributed by atoms with Crippen molar-refractivity contribution in [2.75, 3.05) is 6.61 Å². The summed E-state index contributed by atoms with van der Waals surface area (Å²) in [4.78, 5) is 11.7. The largest absolute Gasteiger partial charge is 0.493 e. The molecule has 2 aromatic carbocycles. The van der Waals surface area contributed by atoms with Gasteiger partial charge in [0.1, 0.15) is 5.75 Å². The first-order valence-corrected chi connectivity index (χ1v) is 8.89. The van der Waals surface area contributed by atoms with Crippen LogP contribution >= 0.6 is 0 Å². The number of hydrogen-bond donors (Lipinski definition) is 0. The standard InChI is InChI=1S/C21H28O2/c1-3-4-5-6-7-8-11-14-23-21-16-19(17(2)22)15-18-12-9-10-13-20(18)21/h9-10,12-13,15-16H,3-8,11,14H2,1-2H3. The Hall–Kier alpha value is -1.83. The van der Waals surface area contributed by atoms with Gasteiger partial charge in [-0.15, -0.1) is 0 Å². The third-order valence-electron chi connectivity index (χ3n) is 4.24. The molecule has 0 radical (unpaired) electrons. The van der Waals surface area contributed by atoms with Crippen LogP contribution < -0.4 is 4.74 Å². The molecule has 0 aliphatic heterocycles. The van der Waals surface area contributed by atoms with E-state index in [1.165, 1.54) is 38.5 Å². The van der Waals surface area contributed by atoms with Crippen molar-refractivity contribution in [1.82, 2.24) is 0 Å². The van der Waals surface area contributed by atoms with E-state index in [4.69, 9.17) is 4.74 Å². The van der Waals surface area contributed by atoms with Crippen molar-refractivity contribution >= 4 is 16.6 Å². The molecule has 0 aliphatic carbocycles. The van der Waals surface area contributed by atoms with Crippen molar-refractivity contribution < 1.29 is 9.53 Å². The van der Waals surface area contributed by atoms with E-state index in [1.54, 1.807) is 6.92 Å². The molecule has 2 nitrogen and oxygen atoms in total. The molecular formula is C21H28O2. The Morgan fingerprint density at radius 1 is 0.957 bits per heavy atom. The van der Waals surface area contributed by atoms with Crippen LogP contribution in [0.1, 0.15) is 69.2 Å². The normalized spacial score (nSPS) is 10.9. The summed E-state index contributed by atoms with van der Waals surface area (Å²) in [5.41, 5.74) is 0.721. The van der Waals surface area contributed by atoms with Gasteiger partial charge >= 0.3 is 0 Å². The Labute approximate surface area is 139 Å². The number of carbonyl (C=O) groups excluding carboxylic acids is 1. The smallest absolute Gasteiger partial charge is 0.159 e. The number of ether oxygens (including phenoxy) is 1. The van der Waals surface area contributed by atoms with Crippen LogP contribution in [0.5, 0.6) is 5.75 Å². The third kappa shape index (κ3) is 5.38. The Morgan fingerprint density at radius 2 is 1.65 bits per heavy atom. The van der Waals surface area contributed by atoms with Crippen LogP contribution in [-0.2, 0) is 0 Å². The fraction of sp³-hybridized carbons (Fsp3) is 0.476. The van der Waals surface area contributed by atoms with Gasteiger partial charge in [0, 0.05) is 10.9 Å². The first-order valence-electron chi connectivity index (χ1n) is 8.89. The summed E-state index contributed by atoms with van der Waals surface area (Å²) >= 11 is 0. The van der Waals surface area contributed by atoms with Crippen molar-refractivity contribution in [2.45, 2.75) is 58.8 Å². The van der Waals surface area contributed by atoms with Gasteiger partial charge in [-0.05, 0) is 30.9 Å². The van der Waals surface area contributed by atoms with Crippen LogP contribution in [0.15, 0.2) is 36.4 Å². The van der Waals surface area contributed by atoms with E-state index >= 15 is 0 Å². The third-order valence-corrected chi connectivity index (χ3v) is 4.24. The van der Waals surface area contributed by atoms with Crippen molar-refractivity contribution in [3.05, 3.63) is 42.0 Å². The van der Waals surface area contributed by atoms with Gasteiger partial charge in [0.25, 0.3) is 0 Å². The molecule has 2 heteroatoms. The molecule has 2 aromatic rings. The summed E-state index contributed by atoms with van der Waals surface area (Å²) in [7, 11) is 0.